The molecule has 1 saturated heterocycles. The molecule has 1 unspecified atom stereocenters. The molecule has 150 valence electrons. The molecule has 0 radical (unpaired) electrons. The summed E-state index contributed by atoms with van der Waals surface area (Å²) in [5.74, 6) is 0.0353. The minimum Gasteiger partial charge on any atom is -0.332 e. The topological polar surface area (TPSA) is 78.8 Å². The Labute approximate surface area is 167 Å². The van der Waals surface area contributed by atoms with Crippen molar-refractivity contribution in [1.82, 2.24) is 30.0 Å². The fourth-order valence-electron chi connectivity index (χ4n) is 4.35. The number of rotatable bonds is 3. The first-order chi connectivity index (χ1) is 14.2. The van der Waals surface area contributed by atoms with Crippen LogP contribution in [0.5, 0.6) is 0 Å². The number of fused-ring (bicyclic) bond motifs is 1. The molecule has 2 aliphatic heterocycles. The maximum atomic E-state index is 13.2. The van der Waals surface area contributed by atoms with Gasteiger partial charge < -0.3 is 14.8 Å². The first kappa shape index (κ1) is 18.1. The van der Waals surface area contributed by atoms with E-state index >= 15 is 0 Å². The highest BCUT2D eigenvalue weighted by atomic mass is 19.1. The summed E-state index contributed by atoms with van der Waals surface area (Å²) in [5, 5.41) is 10.6. The summed E-state index contributed by atoms with van der Waals surface area (Å²) >= 11 is 0. The second kappa shape index (κ2) is 7.44. The fraction of sp³-hybridized carbons (Fsp3) is 0.381. The first-order valence-electron chi connectivity index (χ1n) is 10.0. The zero-order valence-electron chi connectivity index (χ0n) is 16.1. The van der Waals surface area contributed by atoms with Gasteiger partial charge in [-0.1, -0.05) is 0 Å². The number of hydrogen-bond acceptors (Lipinski definition) is 4. The number of benzene rings is 1. The van der Waals surface area contributed by atoms with Crippen LogP contribution in [0.2, 0.25) is 0 Å². The van der Waals surface area contributed by atoms with Gasteiger partial charge in [0, 0.05) is 36.8 Å². The molecule has 2 N–H and O–H groups in total. The lowest BCUT2D eigenvalue weighted by Crippen LogP contribution is -2.37. The van der Waals surface area contributed by atoms with Crippen molar-refractivity contribution in [1.29, 1.82) is 0 Å². The lowest BCUT2D eigenvalue weighted by Gasteiger charge is -2.28. The number of H-pyrrole nitrogens is 1. The molecule has 1 atom stereocenters. The molecule has 0 aliphatic carbocycles. The van der Waals surface area contributed by atoms with Crippen LogP contribution in [0.3, 0.4) is 0 Å². The summed E-state index contributed by atoms with van der Waals surface area (Å²) in [6, 6.07) is 6.37. The molecule has 0 spiro atoms. The fourth-order valence-corrected chi connectivity index (χ4v) is 4.35. The maximum absolute atomic E-state index is 13.2. The molecule has 7 nitrogen and oxygen atoms in total. The van der Waals surface area contributed by atoms with E-state index in [2.05, 4.69) is 20.5 Å². The van der Waals surface area contributed by atoms with Gasteiger partial charge in [-0.05, 0) is 43.7 Å². The number of carbonyl (C=O) groups excluding carboxylic acids is 1. The molecule has 2 aromatic heterocycles. The molecule has 0 bridgehead atoms. The lowest BCUT2D eigenvalue weighted by atomic mass is 9.93. The summed E-state index contributed by atoms with van der Waals surface area (Å²) in [6.45, 7) is 2.98. The standard InChI is InChI=1S/C21H23FN6O/c22-15-3-5-16(6-4-15)28-13-24-18-12-27(9-7-19(18)28)21(29)17-11-25-26-20(17)14-2-1-8-23-10-14/h3-6,11,13-14,23H,1-2,7-10,12H2,(H,25,26). The predicted octanol–water partition coefficient (Wildman–Crippen LogP) is 2.40. The van der Waals surface area contributed by atoms with Crippen LogP contribution in [0, 0.1) is 5.82 Å². The molecule has 3 aromatic rings. The Morgan fingerprint density at radius 2 is 2.10 bits per heavy atom. The number of hydrogen-bond donors (Lipinski definition) is 2. The number of carbonyl (C=O) groups is 1. The highest BCUT2D eigenvalue weighted by Gasteiger charge is 2.29. The molecule has 4 heterocycles. The van der Waals surface area contributed by atoms with Gasteiger partial charge in [0.2, 0.25) is 0 Å². The molecule has 29 heavy (non-hydrogen) atoms. The molecule has 1 amide bonds. The van der Waals surface area contributed by atoms with Gasteiger partial charge in [0.25, 0.3) is 5.91 Å². The van der Waals surface area contributed by atoms with Crippen molar-refractivity contribution in [3.63, 3.8) is 0 Å². The molecule has 1 fully saturated rings. The van der Waals surface area contributed by atoms with Crippen molar-refractivity contribution in [2.75, 3.05) is 19.6 Å². The number of piperidine rings is 1. The molecule has 2 aliphatic rings. The Morgan fingerprint density at radius 1 is 1.24 bits per heavy atom. The van der Waals surface area contributed by atoms with E-state index in [4.69, 9.17) is 0 Å². The van der Waals surface area contributed by atoms with Gasteiger partial charge in [-0.3, -0.25) is 9.89 Å². The monoisotopic (exact) mass is 394 g/mol. The van der Waals surface area contributed by atoms with Crippen LogP contribution in [-0.2, 0) is 13.0 Å². The van der Waals surface area contributed by atoms with E-state index in [1.807, 2.05) is 9.47 Å². The normalized spacial score (nSPS) is 19.2. The summed E-state index contributed by atoms with van der Waals surface area (Å²) < 4.78 is 15.2. The number of imidazole rings is 1. The van der Waals surface area contributed by atoms with E-state index in [1.165, 1.54) is 12.1 Å². The van der Waals surface area contributed by atoms with E-state index < -0.39 is 0 Å². The lowest BCUT2D eigenvalue weighted by molar-refractivity contribution is 0.0729. The van der Waals surface area contributed by atoms with E-state index in [0.29, 0.717) is 31.0 Å². The van der Waals surface area contributed by atoms with Gasteiger partial charge in [0.1, 0.15) is 5.82 Å². The second-order valence-electron chi connectivity index (χ2n) is 7.70. The van der Waals surface area contributed by atoms with Gasteiger partial charge >= 0.3 is 0 Å². The SMILES string of the molecule is O=C(c1cn[nH]c1C1CCCNC1)N1CCc2c(ncn2-c2ccc(F)cc2)C1. The Bertz CT molecular complexity index is 1020. The van der Waals surface area contributed by atoms with Gasteiger partial charge in [0.15, 0.2) is 0 Å². The molecule has 8 heteroatoms. The quantitative estimate of drug-likeness (QED) is 0.715. The van der Waals surface area contributed by atoms with Gasteiger partial charge in [-0.25, -0.2) is 9.37 Å². The van der Waals surface area contributed by atoms with Crippen molar-refractivity contribution in [2.24, 2.45) is 0 Å². The minimum atomic E-state index is -0.261. The predicted molar refractivity (Wildman–Crippen MR) is 105 cm³/mol. The first-order valence-corrected chi connectivity index (χ1v) is 10.0. The zero-order valence-corrected chi connectivity index (χ0v) is 16.1. The highest BCUT2D eigenvalue weighted by Crippen LogP contribution is 2.27. The van der Waals surface area contributed by atoms with Crippen LogP contribution >= 0.6 is 0 Å². The van der Waals surface area contributed by atoms with Gasteiger partial charge in [-0.2, -0.15) is 5.10 Å². The number of aromatic amines is 1. The van der Waals surface area contributed by atoms with E-state index in [0.717, 1.165) is 48.7 Å². The van der Waals surface area contributed by atoms with E-state index in [9.17, 15) is 9.18 Å². The largest absolute Gasteiger partial charge is 0.332 e. The highest BCUT2D eigenvalue weighted by molar-refractivity contribution is 5.95. The smallest absolute Gasteiger partial charge is 0.257 e. The Balaban J connectivity index is 1.36. The Hall–Kier alpha value is -3.00. The molecule has 5 rings (SSSR count). The van der Waals surface area contributed by atoms with Crippen molar-refractivity contribution < 1.29 is 9.18 Å². The third kappa shape index (κ3) is 3.33. The number of nitrogens with one attached hydrogen (secondary N) is 2. The number of amides is 1. The third-order valence-electron chi connectivity index (χ3n) is 5.91. The average Bonchev–Trinajstić information content (AvgIpc) is 3.41. The van der Waals surface area contributed by atoms with Crippen LogP contribution in [0.15, 0.2) is 36.8 Å². The summed E-state index contributed by atoms with van der Waals surface area (Å²) in [7, 11) is 0. The van der Waals surface area contributed by atoms with Crippen molar-refractivity contribution in [3.05, 3.63) is 65.3 Å². The average molecular weight is 394 g/mol. The summed E-state index contributed by atoms with van der Waals surface area (Å²) in [4.78, 5) is 19.6. The van der Waals surface area contributed by atoms with Crippen LogP contribution in [0.4, 0.5) is 4.39 Å². The van der Waals surface area contributed by atoms with Crippen LogP contribution < -0.4 is 5.32 Å². The van der Waals surface area contributed by atoms with Crippen molar-refractivity contribution >= 4 is 5.91 Å². The zero-order chi connectivity index (χ0) is 19.8. The van der Waals surface area contributed by atoms with Crippen molar-refractivity contribution in [3.8, 4) is 5.69 Å². The maximum Gasteiger partial charge on any atom is 0.257 e. The molecular weight excluding hydrogens is 371 g/mol. The van der Waals surface area contributed by atoms with Crippen LogP contribution in [-0.4, -0.2) is 50.2 Å². The number of aromatic nitrogens is 4. The van der Waals surface area contributed by atoms with Crippen molar-refractivity contribution in [2.45, 2.75) is 31.7 Å². The minimum absolute atomic E-state index is 0.00121. The van der Waals surface area contributed by atoms with Gasteiger partial charge in [-0.15, -0.1) is 0 Å². The summed E-state index contributed by atoms with van der Waals surface area (Å²) in [6.07, 6.45) is 6.27. The van der Waals surface area contributed by atoms with Gasteiger partial charge in [0.05, 0.1) is 36.0 Å². The Morgan fingerprint density at radius 3 is 2.90 bits per heavy atom. The third-order valence-corrected chi connectivity index (χ3v) is 5.91. The molecule has 0 saturated carbocycles. The molecule has 1 aromatic carbocycles. The van der Waals surface area contributed by atoms with E-state index in [-0.39, 0.29) is 11.7 Å². The second-order valence-corrected chi connectivity index (χ2v) is 7.70. The Kier molecular flexibility index (Phi) is 4.63. The van der Waals surface area contributed by atoms with Crippen LogP contribution in [0.1, 0.15) is 46.2 Å². The number of nitrogens with zero attached hydrogens (tertiary/aromatic N) is 4. The number of halogens is 1. The molecular formula is C21H23FN6O. The van der Waals surface area contributed by atoms with E-state index in [1.54, 1.807) is 24.7 Å². The summed E-state index contributed by atoms with van der Waals surface area (Å²) in [5.41, 5.74) is 4.44. The van der Waals surface area contributed by atoms with Crippen LogP contribution in [0.25, 0.3) is 5.69 Å².